The number of furan rings is 1. The predicted octanol–water partition coefficient (Wildman–Crippen LogP) is 4.29. The maximum Gasteiger partial charge on any atom is 0.292 e. The van der Waals surface area contributed by atoms with E-state index in [0.29, 0.717) is 43.2 Å². The van der Waals surface area contributed by atoms with E-state index in [9.17, 15) is 14.9 Å². The van der Waals surface area contributed by atoms with Gasteiger partial charge < -0.3 is 19.1 Å². The highest BCUT2D eigenvalue weighted by Gasteiger charge is 2.27. The number of fused-ring (bicyclic) bond motifs is 1. The second-order valence-electron chi connectivity index (χ2n) is 8.41. The van der Waals surface area contributed by atoms with Crippen molar-refractivity contribution in [3.63, 3.8) is 0 Å². The van der Waals surface area contributed by atoms with Gasteiger partial charge in [0.2, 0.25) is 0 Å². The van der Waals surface area contributed by atoms with Crippen LogP contribution in [0, 0.1) is 10.1 Å². The lowest BCUT2D eigenvalue weighted by atomic mass is 10.1. The monoisotopic (exact) mass is 434 g/mol. The predicted molar refractivity (Wildman–Crippen MR) is 123 cm³/mol. The van der Waals surface area contributed by atoms with Gasteiger partial charge in [0, 0.05) is 56.4 Å². The molecule has 0 radical (unpaired) electrons. The van der Waals surface area contributed by atoms with Crippen LogP contribution in [-0.4, -0.2) is 55.0 Å². The van der Waals surface area contributed by atoms with Crippen molar-refractivity contribution in [1.29, 1.82) is 0 Å². The van der Waals surface area contributed by atoms with E-state index >= 15 is 0 Å². The normalized spacial score (nSPS) is 17.1. The Morgan fingerprint density at radius 1 is 0.875 bits per heavy atom. The molecule has 2 saturated heterocycles. The molecule has 0 saturated carbocycles. The maximum absolute atomic E-state index is 12.9. The first kappa shape index (κ1) is 20.4. The van der Waals surface area contributed by atoms with Crippen LogP contribution < -0.4 is 9.80 Å². The first-order valence-electron chi connectivity index (χ1n) is 11.2. The number of carbonyl (C=O) groups is 1. The Hall–Kier alpha value is -3.55. The fourth-order valence-electron chi connectivity index (χ4n) is 4.66. The molecule has 2 aliphatic heterocycles. The molecule has 0 spiro atoms. The fraction of sp³-hybridized carbons (Fsp3) is 0.375. The molecule has 5 rings (SSSR count). The summed E-state index contributed by atoms with van der Waals surface area (Å²) in [5.74, 6) is 0.265. The number of benzene rings is 2. The highest BCUT2D eigenvalue weighted by Crippen LogP contribution is 2.34. The zero-order valence-corrected chi connectivity index (χ0v) is 17.9. The number of nitrogens with zero attached hydrogens (tertiary/aromatic N) is 4. The lowest BCUT2D eigenvalue weighted by Crippen LogP contribution is -2.48. The number of piperidine rings is 1. The number of hydrogen-bond donors (Lipinski definition) is 0. The number of piperazine rings is 1. The second kappa shape index (κ2) is 8.53. The van der Waals surface area contributed by atoms with Crippen molar-refractivity contribution in [2.45, 2.75) is 19.3 Å². The van der Waals surface area contributed by atoms with Gasteiger partial charge in [-0.25, -0.2) is 0 Å². The van der Waals surface area contributed by atoms with Gasteiger partial charge in [0.25, 0.3) is 11.6 Å². The summed E-state index contributed by atoms with van der Waals surface area (Å²) in [6.07, 6.45) is 3.29. The highest BCUT2D eigenvalue weighted by atomic mass is 16.6. The van der Waals surface area contributed by atoms with Gasteiger partial charge in [-0.05, 0) is 43.5 Å². The van der Waals surface area contributed by atoms with Crippen LogP contribution in [0.2, 0.25) is 0 Å². The van der Waals surface area contributed by atoms with E-state index in [0.717, 1.165) is 37.0 Å². The second-order valence-corrected chi connectivity index (χ2v) is 8.41. The minimum absolute atomic E-state index is 0.0986. The van der Waals surface area contributed by atoms with E-state index < -0.39 is 0 Å². The summed E-state index contributed by atoms with van der Waals surface area (Å²) in [6.45, 7) is 4.19. The Labute approximate surface area is 186 Å². The lowest BCUT2D eigenvalue weighted by Gasteiger charge is -2.36. The fourth-order valence-corrected chi connectivity index (χ4v) is 4.66. The summed E-state index contributed by atoms with van der Waals surface area (Å²) in [5.41, 5.74) is 2.54. The van der Waals surface area contributed by atoms with Crippen LogP contribution in [0.1, 0.15) is 29.8 Å². The Kier molecular flexibility index (Phi) is 5.43. The van der Waals surface area contributed by atoms with E-state index in [4.69, 9.17) is 4.42 Å². The molecule has 8 nitrogen and oxygen atoms in total. The summed E-state index contributed by atoms with van der Waals surface area (Å²) >= 11 is 0. The van der Waals surface area contributed by atoms with Crippen LogP contribution in [0.25, 0.3) is 11.0 Å². The van der Waals surface area contributed by atoms with Crippen molar-refractivity contribution in [3.8, 4) is 0 Å². The molecule has 3 heterocycles. The first-order chi connectivity index (χ1) is 15.6. The van der Waals surface area contributed by atoms with Crippen molar-refractivity contribution in [1.82, 2.24) is 4.90 Å². The van der Waals surface area contributed by atoms with Crippen LogP contribution in [0.4, 0.5) is 17.1 Å². The zero-order valence-electron chi connectivity index (χ0n) is 17.9. The van der Waals surface area contributed by atoms with Gasteiger partial charge in [-0.1, -0.05) is 18.2 Å². The number of nitro groups is 1. The third kappa shape index (κ3) is 3.88. The molecule has 0 bridgehead atoms. The molecule has 0 N–H and O–H groups in total. The molecule has 2 aromatic carbocycles. The SMILES string of the molecule is O=C(c1cc2ccccc2o1)N1CCN(c2ccc([N+](=O)[O-])c(N3CCCCC3)c2)CC1. The number of carbonyl (C=O) groups excluding carboxylic acids is 1. The minimum Gasteiger partial charge on any atom is -0.451 e. The quantitative estimate of drug-likeness (QED) is 0.450. The molecule has 1 amide bonds. The van der Waals surface area contributed by atoms with Crippen molar-refractivity contribution in [3.05, 3.63) is 64.4 Å². The van der Waals surface area contributed by atoms with E-state index in [-0.39, 0.29) is 16.5 Å². The molecule has 3 aromatic rings. The number of anilines is 2. The smallest absolute Gasteiger partial charge is 0.292 e. The van der Waals surface area contributed by atoms with Crippen molar-refractivity contribution in [2.24, 2.45) is 0 Å². The molecule has 2 aliphatic rings. The van der Waals surface area contributed by atoms with Crippen LogP contribution in [0.15, 0.2) is 52.9 Å². The molecule has 0 atom stereocenters. The number of para-hydroxylation sites is 1. The summed E-state index contributed by atoms with van der Waals surface area (Å²) in [6, 6.07) is 14.8. The largest absolute Gasteiger partial charge is 0.451 e. The van der Waals surface area contributed by atoms with Gasteiger partial charge in [0.15, 0.2) is 5.76 Å². The standard InChI is InChI=1S/C24H26N4O4/c29-24(23-16-18-6-2-3-7-22(18)32-23)27-14-12-25(13-15-27)19-8-9-20(28(30)31)21(17-19)26-10-4-1-5-11-26/h2-3,6-9,16-17H,1,4-5,10-15H2. The Morgan fingerprint density at radius 2 is 1.62 bits per heavy atom. The topological polar surface area (TPSA) is 83.1 Å². The van der Waals surface area contributed by atoms with E-state index in [1.54, 1.807) is 12.1 Å². The molecular formula is C24H26N4O4. The Bertz CT molecular complexity index is 1110. The first-order valence-corrected chi connectivity index (χ1v) is 11.2. The molecule has 0 aliphatic carbocycles. The van der Waals surface area contributed by atoms with Gasteiger partial charge in [-0.15, -0.1) is 0 Å². The molecule has 166 valence electrons. The number of hydrogen-bond acceptors (Lipinski definition) is 6. The third-order valence-electron chi connectivity index (χ3n) is 6.42. The summed E-state index contributed by atoms with van der Waals surface area (Å²) in [7, 11) is 0. The van der Waals surface area contributed by atoms with Gasteiger partial charge in [-0.3, -0.25) is 14.9 Å². The Balaban J connectivity index is 1.30. The van der Waals surface area contributed by atoms with Crippen molar-refractivity contribution >= 4 is 33.9 Å². The van der Waals surface area contributed by atoms with Crippen LogP contribution in [0.5, 0.6) is 0 Å². The molecule has 32 heavy (non-hydrogen) atoms. The van der Waals surface area contributed by atoms with Gasteiger partial charge in [0.05, 0.1) is 4.92 Å². The minimum atomic E-state index is -0.294. The molecule has 0 unspecified atom stereocenters. The third-order valence-corrected chi connectivity index (χ3v) is 6.42. The maximum atomic E-state index is 12.9. The average molecular weight is 434 g/mol. The van der Waals surface area contributed by atoms with Gasteiger partial charge in [-0.2, -0.15) is 0 Å². The van der Waals surface area contributed by atoms with Gasteiger partial charge >= 0.3 is 0 Å². The van der Waals surface area contributed by atoms with E-state index in [1.165, 1.54) is 6.42 Å². The Morgan fingerprint density at radius 3 is 2.34 bits per heavy atom. The van der Waals surface area contributed by atoms with Gasteiger partial charge in [0.1, 0.15) is 11.3 Å². The average Bonchev–Trinajstić information content (AvgIpc) is 3.28. The molecular weight excluding hydrogens is 408 g/mol. The summed E-state index contributed by atoms with van der Waals surface area (Å²) in [4.78, 5) is 30.3. The molecule has 1 aromatic heterocycles. The zero-order chi connectivity index (χ0) is 22.1. The molecule has 2 fully saturated rings. The van der Waals surface area contributed by atoms with Crippen LogP contribution in [-0.2, 0) is 0 Å². The number of rotatable bonds is 4. The lowest BCUT2D eigenvalue weighted by molar-refractivity contribution is -0.384. The van der Waals surface area contributed by atoms with E-state index in [2.05, 4.69) is 9.80 Å². The highest BCUT2D eigenvalue weighted by molar-refractivity contribution is 5.96. The van der Waals surface area contributed by atoms with Crippen LogP contribution in [0.3, 0.4) is 0 Å². The van der Waals surface area contributed by atoms with Crippen LogP contribution >= 0.6 is 0 Å². The number of nitro benzene ring substituents is 1. The van der Waals surface area contributed by atoms with Crippen molar-refractivity contribution in [2.75, 3.05) is 49.1 Å². The summed E-state index contributed by atoms with van der Waals surface area (Å²) < 4.78 is 5.74. The van der Waals surface area contributed by atoms with Crippen molar-refractivity contribution < 1.29 is 14.1 Å². The molecule has 8 heteroatoms. The summed E-state index contributed by atoms with van der Waals surface area (Å²) in [5, 5.41) is 12.5. The van der Waals surface area contributed by atoms with E-state index in [1.807, 2.05) is 41.3 Å². The number of amides is 1.